The highest BCUT2D eigenvalue weighted by molar-refractivity contribution is 5.91. The molecule has 1 aromatic rings. The molecule has 0 aliphatic carbocycles. The summed E-state index contributed by atoms with van der Waals surface area (Å²) in [5.74, 6) is 0.246. The molecule has 2 aliphatic heterocycles. The number of ether oxygens (including phenoxy) is 1. The number of hydroxylamine groups is 2. The van der Waals surface area contributed by atoms with Crippen molar-refractivity contribution >= 4 is 11.6 Å². The van der Waals surface area contributed by atoms with Crippen molar-refractivity contribution in [2.24, 2.45) is 0 Å². The molecule has 27 heavy (non-hydrogen) atoms. The van der Waals surface area contributed by atoms with Crippen LogP contribution in [-0.4, -0.2) is 48.7 Å². The molecule has 0 aromatic heterocycles. The molecular formula is C19H23F3N2O3. The van der Waals surface area contributed by atoms with Gasteiger partial charge >= 0.3 is 6.18 Å². The van der Waals surface area contributed by atoms with Gasteiger partial charge in [0.15, 0.2) is 0 Å². The molecule has 0 spiro atoms. The number of amides is 1. The minimum Gasteiger partial charge on any atom is -0.483 e. The molecule has 5 nitrogen and oxygen atoms in total. The molecule has 1 aromatic carbocycles. The number of benzene rings is 1. The highest BCUT2D eigenvalue weighted by Crippen LogP contribution is 2.45. The lowest BCUT2D eigenvalue weighted by Crippen LogP contribution is -2.42. The van der Waals surface area contributed by atoms with Crippen molar-refractivity contribution in [1.82, 2.24) is 9.96 Å². The second-order valence-corrected chi connectivity index (χ2v) is 7.27. The Labute approximate surface area is 156 Å². The molecule has 1 amide bonds. The summed E-state index contributed by atoms with van der Waals surface area (Å²) >= 11 is 0. The van der Waals surface area contributed by atoms with Gasteiger partial charge < -0.3 is 14.5 Å². The lowest BCUT2D eigenvalue weighted by molar-refractivity contribution is -0.137. The van der Waals surface area contributed by atoms with Gasteiger partial charge in [-0.15, -0.1) is 0 Å². The summed E-state index contributed by atoms with van der Waals surface area (Å²) in [5, 5.41) is 1.56. The summed E-state index contributed by atoms with van der Waals surface area (Å²) < 4.78 is 45.9. The average molecular weight is 384 g/mol. The Morgan fingerprint density at radius 1 is 1.33 bits per heavy atom. The Hall–Kier alpha value is -2.06. The largest absolute Gasteiger partial charge is 0.483 e. The fourth-order valence-electron chi connectivity index (χ4n) is 3.51. The van der Waals surface area contributed by atoms with E-state index in [4.69, 9.17) is 9.57 Å². The van der Waals surface area contributed by atoms with Gasteiger partial charge in [0.2, 0.25) is 5.91 Å². The number of fused-ring (bicyclic) bond motifs is 1. The minimum atomic E-state index is -4.48. The van der Waals surface area contributed by atoms with Gasteiger partial charge in [-0.25, -0.2) is 0 Å². The molecule has 0 unspecified atom stereocenters. The van der Waals surface area contributed by atoms with E-state index in [1.165, 1.54) is 13.2 Å². The first-order valence-corrected chi connectivity index (χ1v) is 8.74. The third-order valence-corrected chi connectivity index (χ3v) is 4.98. The molecule has 0 saturated carbocycles. The van der Waals surface area contributed by atoms with Crippen LogP contribution in [0.2, 0.25) is 0 Å². The van der Waals surface area contributed by atoms with Crippen molar-refractivity contribution in [3.05, 3.63) is 34.9 Å². The van der Waals surface area contributed by atoms with Gasteiger partial charge in [-0.05, 0) is 38.5 Å². The average Bonchev–Trinajstić information content (AvgIpc) is 2.99. The number of likely N-dealkylation sites (N-methyl/N-ethyl adjacent to an activating group) is 1. The number of halogens is 3. The van der Waals surface area contributed by atoms with Crippen molar-refractivity contribution in [2.45, 2.75) is 38.5 Å². The van der Waals surface area contributed by atoms with E-state index in [0.717, 1.165) is 12.1 Å². The molecule has 2 heterocycles. The number of likely N-dealkylation sites (tertiary alicyclic amines) is 1. The molecule has 1 saturated heterocycles. The normalized spacial score (nSPS) is 19.6. The lowest BCUT2D eigenvalue weighted by Gasteiger charge is -2.40. The fraction of sp³-hybridized carbons (Fsp3) is 0.526. The molecule has 8 heteroatoms. The van der Waals surface area contributed by atoms with Crippen LogP contribution in [0.5, 0.6) is 5.75 Å². The van der Waals surface area contributed by atoms with E-state index in [9.17, 15) is 18.0 Å². The monoisotopic (exact) mass is 384 g/mol. The molecule has 3 rings (SSSR count). The third-order valence-electron chi connectivity index (χ3n) is 4.98. The van der Waals surface area contributed by atoms with E-state index in [2.05, 4.69) is 0 Å². The molecular weight excluding hydrogens is 361 g/mol. The van der Waals surface area contributed by atoms with Gasteiger partial charge in [-0.1, -0.05) is 0 Å². The third kappa shape index (κ3) is 3.68. The molecule has 148 valence electrons. The zero-order valence-electron chi connectivity index (χ0n) is 15.8. The quantitative estimate of drug-likeness (QED) is 0.743. The van der Waals surface area contributed by atoms with E-state index in [1.54, 1.807) is 17.0 Å². The van der Waals surface area contributed by atoms with E-state index in [1.807, 2.05) is 13.8 Å². The van der Waals surface area contributed by atoms with Gasteiger partial charge in [-0.3, -0.25) is 4.79 Å². The fourth-order valence-corrected chi connectivity index (χ4v) is 3.51. The first-order valence-electron chi connectivity index (χ1n) is 8.74. The summed E-state index contributed by atoms with van der Waals surface area (Å²) in [7, 11) is 3.22. The molecule has 0 atom stereocenters. The maximum atomic E-state index is 13.3. The van der Waals surface area contributed by atoms with Crippen LogP contribution in [0.3, 0.4) is 0 Å². The summed E-state index contributed by atoms with van der Waals surface area (Å²) in [4.78, 5) is 19.3. The highest BCUT2D eigenvalue weighted by atomic mass is 19.4. The standard InChI is InChI=1S/C19H23F3N2O3/c1-18(2)14(11-23(3)26-4)17(24-9-5-6-16(24)25)13-10-12(19(20,21)22)7-8-15(13)27-18/h7-8,10H,5-6,9,11H2,1-4H3. The summed E-state index contributed by atoms with van der Waals surface area (Å²) in [5.41, 5.74) is -0.0858. The number of rotatable bonds is 4. The molecule has 2 aliphatic rings. The maximum Gasteiger partial charge on any atom is 0.416 e. The van der Waals surface area contributed by atoms with Gasteiger partial charge in [0.1, 0.15) is 11.4 Å². The number of hydrogen-bond donors (Lipinski definition) is 0. The number of carbonyl (C=O) groups excluding carboxylic acids is 1. The molecule has 0 bridgehead atoms. The second-order valence-electron chi connectivity index (χ2n) is 7.27. The smallest absolute Gasteiger partial charge is 0.416 e. The lowest BCUT2D eigenvalue weighted by atomic mass is 9.88. The summed E-state index contributed by atoms with van der Waals surface area (Å²) in [6.45, 7) is 4.44. The zero-order chi connectivity index (χ0) is 20.0. The van der Waals surface area contributed by atoms with Gasteiger partial charge in [0.05, 0.1) is 24.9 Å². The van der Waals surface area contributed by atoms with Crippen LogP contribution >= 0.6 is 0 Å². The zero-order valence-corrected chi connectivity index (χ0v) is 15.8. The first kappa shape index (κ1) is 19.7. The second kappa shape index (κ2) is 6.83. The van der Waals surface area contributed by atoms with E-state index < -0.39 is 17.3 Å². The van der Waals surface area contributed by atoms with Crippen LogP contribution in [0.25, 0.3) is 5.70 Å². The Balaban J connectivity index is 2.24. The van der Waals surface area contributed by atoms with E-state index in [0.29, 0.717) is 42.0 Å². The maximum absolute atomic E-state index is 13.3. The van der Waals surface area contributed by atoms with E-state index >= 15 is 0 Å². The minimum absolute atomic E-state index is 0.0939. The summed E-state index contributed by atoms with van der Waals surface area (Å²) in [6, 6.07) is 3.40. The van der Waals surface area contributed by atoms with Crippen LogP contribution in [0.15, 0.2) is 23.8 Å². The van der Waals surface area contributed by atoms with Crippen LogP contribution in [0.4, 0.5) is 13.2 Å². The highest BCUT2D eigenvalue weighted by Gasteiger charge is 2.41. The van der Waals surface area contributed by atoms with Gasteiger partial charge in [0.25, 0.3) is 0 Å². The van der Waals surface area contributed by atoms with Crippen LogP contribution in [0, 0.1) is 0 Å². The topological polar surface area (TPSA) is 42.0 Å². The Morgan fingerprint density at radius 3 is 2.59 bits per heavy atom. The van der Waals surface area contributed by atoms with Gasteiger partial charge in [0, 0.05) is 31.1 Å². The number of carbonyl (C=O) groups is 1. The number of nitrogens with zero attached hydrogens (tertiary/aromatic N) is 2. The Bertz CT molecular complexity index is 787. The van der Waals surface area contributed by atoms with Crippen molar-refractivity contribution in [3.8, 4) is 5.75 Å². The number of hydrogen-bond acceptors (Lipinski definition) is 4. The van der Waals surface area contributed by atoms with E-state index in [-0.39, 0.29) is 12.5 Å². The molecule has 1 fully saturated rings. The van der Waals surface area contributed by atoms with Crippen LogP contribution in [-0.2, 0) is 15.8 Å². The van der Waals surface area contributed by atoms with Crippen molar-refractivity contribution in [1.29, 1.82) is 0 Å². The molecule has 0 N–H and O–H groups in total. The predicted molar refractivity (Wildman–Crippen MR) is 93.7 cm³/mol. The Kier molecular flexibility index (Phi) is 4.98. The SMILES string of the molecule is CON(C)CC1=C(N2CCCC2=O)c2cc(C(F)(F)F)ccc2OC1(C)C. The van der Waals surface area contributed by atoms with Crippen molar-refractivity contribution in [3.63, 3.8) is 0 Å². The summed E-state index contributed by atoms with van der Waals surface area (Å²) in [6.07, 6.45) is -3.43. The predicted octanol–water partition coefficient (Wildman–Crippen LogP) is 3.70. The number of alkyl halides is 3. The first-order chi connectivity index (χ1) is 12.5. The molecule has 0 radical (unpaired) electrons. The van der Waals surface area contributed by atoms with Gasteiger partial charge in [-0.2, -0.15) is 18.2 Å². The van der Waals surface area contributed by atoms with Crippen LogP contribution < -0.4 is 4.74 Å². The van der Waals surface area contributed by atoms with Crippen LogP contribution in [0.1, 0.15) is 37.8 Å². The van der Waals surface area contributed by atoms with Crippen molar-refractivity contribution < 1.29 is 27.5 Å². The van der Waals surface area contributed by atoms with Crippen molar-refractivity contribution in [2.75, 3.05) is 27.2 Å². The Morgan fingerprint density at radius 2 is 2.04 bits per heavy atom.